The first kappa shape index (κ1) is 20.0. The van der Waals surface area contributed by atoms with Gasteiger partial charge in [0.15, 0.2) is 5.65 Å². The Hall–Kier alpha value is -3.33. The second-order valence-electron chi connectivity index (χ2n) is 7.28. The fourth-order valence-corrected chi connectivity index (χ4v) is 3.64. The fraction of sp³-hybridized carbons (Fsp3) is 0.333. The summed E-state index contributed by atoms with van der Waals surface area (Å²) in [5.41, 5.74) is 2.50. The predicted octanol–water partition coefficient (Wildman–Crippen LogP) is 2.85. The van der Waals surface area contributed by atoms with E-state index in [1.807, 2.05) is 6.92 Å². The molecule has 3 aromatic rings. The first-order valence-electron chi connectivity index (χ1n) is 9.81. The van der Waals surface area contributed by atoms with Crippen LogP contribution in [-0.4, -0.2) is 52.4 Å². The van der Waals surface area contributed by atoms with Gasteiger partial charge in [-0.3, -0.25) is 10.2 Å². The standard InChI is InChI=1S/C21H23FN6O2/c1-11(17-4-3-7-30-17)27-21(29)14-9-25-20-19(14)28-16(10-26-20)18(23)13-6-5-12(22)8-15(13)24-2/h5-6,8-11,17,23-24H,3-4,7H2,1-2H3,(H,25,26)(H,27,29)/t11-,17?/m1/s1. The molecule has 0 spiro atoms. The number of amides is 1. The number of rotatable bonds is 6. The number of nitrogens with one attached hydrogen (secondary N) is 4. The van der Waals surface area contributed by atoms with Crippen LogP contribution in [0, 0.1) is 11.2 Å². The minimum absolute atomic E-state index is 0.00687. The van der Waals surface area contributed by atoms with Crippen LogP contribution in [-0.2, 0) is 4.74 Å². The third-order valence-electron chi connectivity index (χ3n) is 5.28. The topological polar surface area (TPSA) is 116 Å². The SMILES string of the molecule is CNc1cc(F)ccc1C(=N)c1cnc2[nH]cc(C(=O)N[C@H](C)C3CCCO3)c2n1. The molecular formula is C21H23FN6O2. The van der Waals surface area contributed by atoms with Gasteiger partial charge in [-0.2, -0.15) is 0 Å². The van der Waals surface area contributed by atoms with Crippen LogP contribution in [0.2, 0.25) is 0 Å². The monoisotopic (exact) mass is 410 g/mol. The zero-order valence-corrected chi connectivity index (χ0v) is 16.8. The Morgan fingerprint density at radius 2 is 2.23 bits per heavy atom. The van der Waals surface area contributed by atoms with E-state index in [0.717, 1.165) is 12.8 Å². The van der Waals surface area contributed by atoms with Crippen molar-refractivity contribution in [2.75, 3.05) is 19.0 Å². The molecule has 4 N–H and O–H groups in total. The number of ether oxygens (including phenoxy) is 1. The number of halogens is 1. The maximum Gasteiger partial charge on any atom is 0.255 e. The molecule has 156 valence electrons. The minimum Gasteiger partial charge on any atom is -0.387 e. The van der Waals surface area contributed by atoms with Gasteiger partial charge in [-0.1, -0.05) is 0 Å². The van der Waals surface area contributed by atoms with Crippen molar-refractivity contribution < 1.29 is 13.9 Å². The number of hydrogen-bond donors (Lipinski definition) is 4. The highest BCUT2D eigenvalue weighted by molar-refractivity contribution is 6.14. The lowest BCUT2D eigenvalue weighted by atomic mass is 10.0. The van der Waals surface area contributed by atoms with Crippen LogP contribution < -0.4 is 10.6 Å². The highest BCUT2D eigenvalue weighted by Gasteiger charge is 2.25. The van der Waals surface area contributed by atoms with E-state index in [0.29, 0.717) is 34.6 Å². The van der Waals surface area contributed by atoms with Gasteiger partial charge in [0.1, 0.15) is 17.0 Å². The molecule has 9 heteroatoms. The number of H-pyrrole nitrogens is 1. The molecule has 2 atom stereocenters. The van der Waals surface area contributed by atoms with Crippen LogP contribution in [0.25, 0.3) is 11.2 Å². The number of carbonyl (C=O) groups excluding carboxylic acids is 1. The molecule has 0 saturated carbocycles. The summed E-state index contributed by atoms with van der Waals surface area (Å²) in [6.07, 6.45) is 4.94. The van der Waals surface area contributed by atoms with Gasteiger partial charge >= 0.3 is 0 Å². The second kappa shape index (κ2) is 8.19. The van der Waals surface area contributed by atoms with Crippen molar-refractivity contribution in [1.29, 1.82) is 5.41 Å². The summed E-state index contributed by atoms with van der Waals surface area (Å²) in [5.74, 6) is -0.678. The molecule has 3 heterocycles. The Labute approximate surface area is 172 Å². The van der Waals surface area contributed by atoms with Gasteiger partial charge in [0.2, 0.25) is 0 Å². The van der Waals surface area contributed by atoms with Crippen LogP contribution in [0.4, 0.5) is 10.1 Å². The van der Waals surface area contributed by atoms with Crippen LogP contribution in [0.5, 0.6) is 0 Å². The van der Waals surface area contributed by atoms with Gasteiger partial charge < -0.3 is 20.4 Å². The predicted molar refractivity (Wildman–Crippen MR) is 112 cm³/mol. The summed E-state index contributed by atoms with van der Waals surface area (Å²) in [5, 5.41) is 14.4. The molecule has 30 heavy (non-hydrogen) atoms. The molecule has 1 fully saturated rings. The molecule has 1 aliphatic heterocycles. The summed E-state index contributed by atoms with van der Waals surface area (Å²) in [6, 6.07) is 4.00. The summed E-state index contributed by atoms with van der Waals surface area (Å²) in [6.45, 7) is 2.64. The number of anilines is 1. The molecule has 1 aromatic carbocycles. The van der Waals surface area contributed by atoms with E-state index < -0.39 is 5.82 Å². The number of aromatic amines is 1. The normalized spacial score (nSPS) is 17.1. The van der Waals surface area contributed by atoms with E-state index in [2.05, 4.69) is 25.6 Å². The number of nitrogens with zero attached hydrogens (tertiary/aromatic N) is 2. The van der Waals surface area contributed by atoms with Gasteiger partial charge in [0.05, 0.1) is 29.6 Å². The van der Waals surface area contributed by atoms with Gasteiger partial charge in [-0.25, -0.2) is 14.4 Å². The maximum absolute atomic E-state index is 13.5. The fourth-order valence-electron chi connectivity index (χ4n) is 3.64. The van der Waals surface area contributed by atoms with Gasteiger partial charge in [-0.15, -0.1) is 0 Å². The van der Waals surface area contributed by atoms with E-state index in [-0.39, 0.29) is 29.5 Å². The van der Waals surface area contributed by atoms with Gasteiger partial charge in [-0.05, 0) is 38.0 Å². The average Bonchev–Trinajstić information content (AvgIpc) is 3.42. The van der Waals surface area contributed by atoms with Crippen molar-refractivity contribution in [3.63, 3.8) is 0 Å². The quantitative estimate of drug-likeness (QED) is 0.467. The number of hydrogen-bond acceptors (Lipinski definition) is 6. The van der Waals surface area contributed by atoms with E-state index in [1.165, 1.54) is 24.4 Å². The molecule has 1 amide bonds. The summed E-state index contributed by atoms with van der Waals surface area (Å²) < 4.78 is 19.2. The Morgan fingerprint density at radius 1 is 1.40 bits per heavy atom. The summed E-state index contributed by atoms with van der Waals surface area (Å²) >= 11 is 0. The highest BCUT2D eigenvalue weighted by Crippen LogP contribution is 2.22. The molecule has 0 bridgehead atoms. The minimum atomic E-state index is -0.401. The molecule has 1 aliphatic rings. The maximum atomic E-state index is 13.5. The van der Waals surface area contributed by atoms with Crippen molar-refractivity contribution in [1.82, 2.24) is 20.3 Å². The Morgan fingerprint density at radius 3 is 2.97 bits per heavy atom. The average molecular weight is 410 g/mol. The third-order valence-corrected chi connectivity index (χ3v) is 5.28. The first-order chi connectivity index (χ1) is 14.5. The molecule has 4 rings (SSSR count). The first-order valence-corrected chi connectivity index (χ1v) is 9.81. The van der Waals surface area contributed by atoms with Crippen LogP contribution >= 0.6 is 0 Å². The van der Waals surface area contributed by atoms with Crippen LogP contribution in [0.3, 0.4) is 0 Å². The molecule has 1 unspecified atom stereocenters. The lowest BCUT2D eigenvalue weighted by molar-refractivity contribution is 0.0713. The smallest absolute Gasteiger partial charge is 0.255 e. The Bertz CT molecular complexity index is 1110. The van der Waals surface area contributed by atoms with Crippen LogP contribution in [0.1, 0.15) is 41.4 Å². The summed E-state index contributed by atoms with van der Waals surface area (Å²) in [7, 11) is 1.66. The van der Waals surface area contributed by atoms with Crippen molar-refractivity contribution in [2.24, 2.45) is 0 Å². The van der Waals surface area contributed by atoms with E-state index in [1.54, 1.807) is 13.2 Å². The lowest BCUT2D eigenvalue weighted by Gasteiger charge is -2.19. The lowest BCUT2D eigenvalue weighted by Crippen LogP contribution is -2.40. The molecule has 1 saturated heterocycles. The Kier molecular flexibility index (Phi) is 5.45. The molecule has 2 aromatic heterocycles. The van der Waals surface area contributed by atoms with Crippen molar-refractivity contribution in [3.8, 4) is 0 Å². The van der Waals surface area contributed by atoms with E-state index in [4.69, 9.17) is 10.1 Å². The second-order valence-corrected chi connectivity index (χ2v) is 7.28. The number of fused-ring (bicyclic) bond motifs is 1. The zero-order chi connectivity index (χ0) is 21.3. The number of benzene rings is 1. The van der Waals surface area contributed by atoms with Crippen molar-refractivity contribution in [3.05, 3.63) is 53.2 Å². The highest BCUT2D eigenvalue weighted by atomic mass is 19.1. The van der Waals surface area contributed by atoms with Crippen molar-refractivity contribution >= 4 is 28.5 Å². The van der Waals surface area contributed by atoms with Gasteiger partial charge in [0, 0.05) is 31.1 Å². The van der Waals surface area contributed by atoms with Crippen molar-refractivity contribution in [2.45, 2.75) is 31.9 Å². The van der Waals surface area contributed by atoms with E-state index in [9.17, 15) is 9.18 Å². The summed E-state index contributed by atoms with van der Waals surface area (Å²) in [4.78, 5) is 24.6. The molecule has 8 nitrogen and oxygen atoms in total. The van der Waals surface area contributed by atoms with Crippen LogP contribution in [0.15, 0.2) is 30.6 Å². The number of aromatic nitrogens is 3. The third kappa shape index (κ3) is 3.76. The number of carbonyl (C=O) groups is 1. The van der Waals surface area contributed by atoms with E-state index >= 15 is 0 Å². The molecule has 0 radical (unpaired) electrons. The zero-order valence-electron chi connectivity index (χ0n) is 16.8. The Balaban J connectivity index is 1.63. The largest absolute Gasteiger partial charge is 0.387 e. The molecular weight excluding hydrogens is 387 g/mol. The molecule has 0 aliphatic carbocycles. The van der Waals surface area contributed by atoms with Gasteiger partial charge in [0.25, 0.3) is 5.91 Å².